The number of aliphatic hydroxyl groups excluding tert-OH is 1. The number of fused-ring (bicyclic) bond motifs is 1. The molecule has 2 aliphatic rings. The lowest BCUT2D eigenvalue weighted by Gasteiger charge is -2.26. The number of ketones is 1. The molecule has 1 atom stereocenters. The van der Waals surface area contributed by atoms with Gasteiger partial charge in [-0.3, -0.25) is 4.79 Å². The summed E-state index contributed by atoms with van der Waals surface area (Å²) >= 11 is 0. The fourth-order valence-corrected chi connectivity index (χ4v) is 2.36. The summed E-state index contributed by atoms with van der Waals surface area (Å²) in [5, 5.41) is 10.0. The Bertz CT molecular complexity index is 665. The van der Waals surface area contributed by atoms with Gasteiger partial charge in [0.25, 0.3) is 0 Å². The molecule has 0 radical (unpaired) electrons. The third-order valence-corrected chi connectivity index (χ3v) is 3.31. The molecule has 0 saturated carbocycles. The van der Waals surface area contributed by atoms with Crippen molar-refractivity contribution in [2.45, 2.75) is 12.5 Å². The highest BCUT2D eigenvalue weighted by Gasteiger charge is 2.36. The Hall–Kier alpha value is -2.46. The molecule has 1 aliphatic carbocycles. The van der Waals surface area contributed by atoms with Gasteiger partial charge in [-0.2, -0.15) is 0 Å². The van der Waals surface area contributed by atoms with Gasteiger partial charge in [0.05, 0.1) is 5.57 Å². The van der Waals surface area contributed by atoms with E-state index in [1.165, 1.54) is 12.2 Å². The number of benzene rings is 1. The summed E-state index contributed by atoms with van der Waals surface area (Å²) in [7, 11) is 0. The summed E-state index contributed by atoms with van der Waals surface area (Å²) in [5.74, 6) is -0.771. The first-order valence-electron chi connectivity index (χ1n) is 6.26. The second-order valence-corrected chi connectivity index (χ2v) is 4.64. The van der Waals surface area contributed by atoms with E-state index in [9.17, 15) is 14.7 Å². The highest BCUT2D eigenvalue weighted by Crippen LogP contribution is 2.31. The van der Waals surface area contributed by atoms with Gasteiger partial charge < -0.3 is 9.84 Å². The van der Waals surface area contributed by atoms with Crippen LogP contribution in [0.15, 0.2) is 65.5 Å². The lowest BCUT2D eigenvalue weighted by atomic mass is 9.88. The van der Waals surface area contributed by atoms with Gasteiger partial charge in [0.2, 0.25) is 0 Å². The summed E-state index contributed by atoms with van der Waals surface area (Å²) in [4.78, 5) is 23.7. The molecule has 0 spiro atoms. The van der Waals surface area contributed by atoms with E-state index >= 15 is 0 Å². The molecule has 0 amide bonds. The van der Waals surface area contributed by atoms with Crippen molar-refractivity contribution in [2.75, 3.05) is 0 Å². The average molecular weight is 268 g/mol. The van der Waals surface area contributed by atoms with Crippen molar-refractivity contribution in [2.24, 2.45) is 0 Å². The van der Waals surface area contributed by atoms with E-state index < -0.39 is 12.1 Å². The number of carbonyl (C=O) groups is 2. The van der Waals surface area contributed by atoms with E-state index in [-0.39, 0.29) is 11.5 Å². The predicted octanol–water partition coefficient (Wildman–Crippen LogP) is 1.47. The van der Waals surface area contributed by atoms with Crippen LogP contribution in [0.25, 0.3) is 0 Å². The monoisotopic (exact) mass is 268 g/mol. The van der Waals surface area contributed by atoms with Crippen molar-refractivity contribution >= 4 is 11.8 Å². The van der Waals surface area contributed by atoms with Crippen molar-refractivity contribution in [3.63, 3.8) is 0 Å². The Morgan fingerprint density at radius 2 is 1.90 bits per heavy atom. The van der Waals surface area contributed by atoms with Crippen molar-refractivity contribution in [1.29, 1.82) is 0 Å². The Kier molecular flexibility index (Phi) is 3.08. The van der Waals surface area contributed by atoms with Gasteiger partial charge in [-0.15, -0.1) is 0 Å². The molecule has 0 aromatic heterocycles. The fraction of sp³-hybridized carbons (Fsp3) is 0.125. The maximum absolute atomic E-state index is 12.0. The molecule has 0 fully saturated rings. The first-order valence-corrected chi connectivity index (χ1v) is 6.26. The zero-order valence-corrected chi connectivity index (χ0v) is 10.6. The SMILES string of the molecule is O=C1C=CC=C2OC(=O)C(O)C(Cc3ccccc3)=C12. The van der Waals surface area contributed by atoms with Crippen LogP contribution in [0, 0.1) is 0 Å². The molecule has 20 heavy (non-hydrogen) atoms. The summed E-state index contributed by atoms with van der Waals surface area (Å²) < 4.78 is 4.98. The predicted molar refractivity (Wildman–Crippen MR) is 71.5 cm³/mol. The van der Waals surface area contributed by atoms with E-state index in [1.54, 1.807) is 6.08 Å². The van der Waals surface area contributed by atoms with Crippen LogP contribution >= 0.6 is 0 Å². The van der Waals surface area contributed by atoms with E-state index in [1.807, 2.05) is 30.3 Å². The molecule has 1 aromatic rings. The average Bonchev–Trinajstić information content (AvgIpc) is 2.45. The Balaban J connectivity index is 2.08. The molecule has 1 aliphatic heterocycles. The maximum Gasteiger partial charge on any atom is 0.344 e. The summed E-state index contributed by atoms with van der Waals surface area (Å²) in [6, 6.07) is 9.38. The lowest BCUT2D eigenvalue weighted by molar-refractivity contribution is -0.148. The van der Waals surface area contributed by atoms with Gasteiger partial charge in [-0.25, -0.2) is 4.79 Å². The van der Waals surface area contributed by atoms with Crippen LogP contribution in [0.4, 0.5) is 0 Å². The van der Waals surface area contributed by atoms with E-state index in [0.29, 0.717) is 17.6 Å². The molecular weight excluding hydrogens is 256 g/mol. The second-order valence-electron chi connectivity index (χ2n) is 4.64. The number of ether oxygens (including phenoxy) is 1. The minimum Gasteiger partial charge on any atom is -0.424 e. The van der Waals surface area contributed by atoms with E-state index in [0.717, 1.165) is 5.56 Å². The summed E-state index contributed by atoms with van der Waals surface area (Å²) in [6.07, 6.45) is 3.44. The molecule has 100 valence electrons. The summed E-state index contributed by atoms with van der Waals surface area (Å²) in [5.41, 5.74) is 1.61. The van der Waals surface area contributed by atoms with Crippen LogP contribution in [0.3, 0.4) is 0 Å². The Labute approximate surface area is 115 Å². The van der Waals surface area contributed by atoms with Crippen molar-refractivity contribution in [3.8, 4) is 0 Å². The number of aliphatic hydroxyl groups is 1. The van der Waals surface area contributed by atoms with Crippen LogP contribution in [0.2, 0.25) is 0 Å². The number of esters is 1. The van der Waals surface area contributed by atoms with Crippen molar-refractivity contribution in [1.82, 2.24) is 0 Å². The van der Waals surface area contributed by atoms with E-state index in [2.05, 4.69) is 0 Å². The third-order valence-electron chi connectivity index (χ3n) is 3.31. The number of rotatable bonds is 2. The molecule has 4 nitrogen and oxygen atoms in total. The maximum atomic E-state index is 12.0. The standard InChI is InChI=1S/C16H12O4/c17-12-7-4-8-13-14(12)11(15(18)16(19)20-13)9-10-5-2-1-3-6-10/h1-8,15,18H,9H2. The largest absolute Gasteiger partial charge is 0.424 e. The zero-order valence-electron chi connectivity index (χ0n) is 10.6. The fourth-order valence-electron chi connectivity index (χ4n) is 2.36. The number of allylic oxidation sites excluding steroid dienone is 4. The Morgan fingerprint density at radius 3 is 2.65 bits per heavy atom. The first kappa shape index (κ1) is 12.6. The minimum absolute atomic E-state index is 0.221. The van der Waals surface area contributed by atoms with Gasteiger partial charge in [0, 0.05) is 0 Å². The summed E-state index contributed by atoms with van der Waals surface area (Å²) in [6.45, 7) is 0. The van der Waals surface area contributed by atoms with Gasteiger partial charge in [-0.1, -0.05) is 36.4 Å². The number of hydrogen-bond acceptors (Lipinski definition) is 4. The van der Waals surface area contributed by atoms with Crippen molar-refractivity contribution in [3.05, 3.63) is 71.0 Å². The van der Waals surface area contributed by atoms with Crippen LogP contribution in [0.5, 0.6) is 0 Å². The van der Waals surface area contributed by atoms with Gasteiger partial charge >= 0.3 is 5.97 Å². The topological polar surface area (TPSA) is 63.6 Å². The second kappa shape index (κ2) is 4.90. The quantitative estimate of drug-likeness (QED) is 0.825. The first-order chi connectivity index (χ1) is 9.66. The molecule has 4 heteroatoms. The normalized spacial score (nSPS) is 21.4. The minimum atomic E-state index is -1.39. The lowest BCUT2D eigenvalue weighted by Crippen LogP contribution is -2.34. The van der Waals surface area contributed by atoms with Crippen molar-refractivity contribution < 1.29 is 19.4 Å². The molecule has 1 heterocycles. The van der Waals surface area contributed by atoms with Gasteiger partial charge in [0.15, 0.2) is 11.9 Å². The zero-order chi connectivity index (χ0) is 14.1. The van der Waals surface area contributed by atoms with Gasteiger partial charge in [0.1, 0.15) is 5.76 Å². The molecular formula is C16H12O4. The van der Waals surface area contributed by atoms with Crippen LogP contribution in [-0.2, 0) is 20.7 Å². The highest BCUT2D eigenvalue weighted by atomic mass is 16.6. The van der Waals surface area contributed by atoms with Crippen LogP contribution in [-0.4, -0.2) is 23.0 Å². The number of carbonyl (C=O) groups excluding carboxylic acids is 2. The molecule has 3 rings (SSSR count). The smallest absolute Gasteiger partial charge is 0.344 e. The van der Waals surface area contributed by atoms with E-state index in [4.69, 9.17) is 4.74 Å². The third kappa shape index (κ3) is 2.10. The number of hydrogen-bond donors (Lipinski definition) is 1. The van der Waals surface area contributed by atoms with Gasteiger partial charge in [-0.05, 0) is 29.7 Å². The van der Waals surface area contributed by atoms with Crippen LogP contribution < -0.4 is 0 Å². The molecule has 0 saturated heterocycles. The van der Waals surface area contributed by atoms with Crippen LogP contribution in [0.1, 0.15) is 5.56 Å². The molecule has 1 aromatic carbocycles. The Morgan fingerprint density at radius 1 is 1.15 bits per heavy atom. The molecule has 1 N–H and O–H groups in total. The highest BCUT2D eigenvalue weighted by molar-refractivity contribution is 6.11. The molecule has 0 bridgehead atoms. The molecule has 1 unspecified atom stereocenters.